The largest absolute Gasteiger partial charge is 0.497 e. The van der Waals surface area contributed by atoms with Gasteiger partial charge in [-0.3, -0.25) is 9.59 Å². The number of ether oxygens (including phenoxy) is 1. The van der Waals surface area contributed by atoms with Crippen LogP contribution < -0.4 is 4.74 Å². The van der Waals surface area contributed by atoms with Gasteiger partial charge in [-0.1, -0.05) is 41.9 Å². The predicted octanol–water partition coefficient (Wildman–Crippen LogP) is 3.64. The van der Waals surface area contributed by atoms with Crippen LogP contribution in [0.15, 0.2) is 64.6 Å². The first kappa shape index (κ1) is 15.2. The summed E-state index contributed by atoms with van der Waals surface area (Å²) >= 11 is 5.97. The van der Waals surface area contributed by atoms with Crippen LogP contribution in [0.5, 0.6) is 5.75 Å². The highest BCUT2D eigenvalue weighted by Crippen LogP contribution is 2.24. The molecule has 0 aromatic heterocycles. The van der Waals surface area contributed by atoms with Crippen LogP contribution >= 0.6 is 11.6 Å². The summed E-state index contributed by atoms with van der Waals surface area (Å²) in [5.74, 6) is -0.123. The number of carbonyl (C=O) groups is 2. The molecule has 5 heteroatoms. The molecular formula is C18H12ClNO3. The normalized spacial score (nSPS) is 15.1. The van der Waals surface area contributed by atoms with Crippen LogP contribution in [0.4, 0.5) is 0 Å². The highest BCUT2D eigenvalue weighted by atomic mass is 35.5. The van der Waals surface area contributed by atoms with Gasteiger partial charge in [0, 0.05) is 16.7 Å². The minimum absolute atomic E-state index is 0.0425. The molecule has 1 aliphatic rings. The Labute approximate surface area is 138 Å². The number of hydrogen-bond donors (Lipinski definition) is 0. The Kier molecular flexibility index (Phi) is 4.08. The Morgan fingerprint density at radius 2 is 1.83 bits per heavy atom. The number of aliphatic imine (C=N–C) groups is 1. The fourth-order valence-electron chi connectivity index (χ4n) is 2.32. The van der Waals surface area contributed by atoms with Crippen molar-refractivity contribution in [1.29, 1.82) is 0 Å². The summed E-state index contributed by atoms with van der Waals surface area (Å²) < 4.78 is 5.10. The van der Waals surface area contributed by atoms with E-state index in [0.717, 1.165) is 0 Å². The molecule has 2 aromatic carbocycles. The van der Waals surface area contributed by atoms with Gasteiger partial charge in [-0.25, -0.2) is 4.99 Å². The number of amides is 1. The van der Waals surface area contributed by atoms with E-state index in [-0.39, 0.29) is 10.8 Å². The molecule has 0 unspecified atom stereocenters. The van der Waals surface area contributed by atoms with E-state index in [9.17, 15) is 9.59 Å². The van der Waals surface area contributed by atoms with Crippen LogP contribution in [0, 0.1) is 0 Å². The molecule has 0 aliphatic heterocycles. The molecule has 0 atom stereocenters. The molecule has 0 bridgehead atoms. The standard InChI is InChI=1S/C18H12ClNO3/c1-23-12-6-4-5-11(9-12)18(22)20-16-10-15(19)17(21)14-8-3-2-7-13(14)16/h2-10H,1H3. The van der Waals surface area contributed by atoms with Gasteiger partial charge < -0.3 is 4.74 Å². The van der Waals surface area contributed by atoms with Gasteiger partial charge in [0.2, 0.25) is 5.78 Å². The first-order valence-corrected chi connectivity index (χ1v) is 7.26. The molecule has 0 saturated heterocycles. The number of methoxy groups -OCH3 is 1. The molecule has 3 rings (SSSR count). The van der Waals surface area contributed by atoms with E-state index in [0.29, 0.717) is 28.2 Å². The Morgan fingerprint density at radius 1 is 1.09 bits per heavy atom. The van der Waals surface area contributed by atoms with Crippen molar-refractivity contribution in [3.63, 3.8) is 0 Å². The van der Waals surface area contributed by atoms with Crippen molar-refractivity contribution >= 4 is 29.0 Å². The number of benzene rings is 2. The molecule has 0 fully saturated rings. The summed E-state index contributed by atoms with van der Waals surface area (Å²) in [6.07, 6.45) is 1.42. The Morgan fingerprint density at radius 3 is 2.57 bits per heavy atom. The summed E-state index contributed by atoms with van der Waals surface area (Å²) in [6, 6.07) is 13.7. The molecule has 23 heavy (non-hydrogen) atoms. The van der Waals surface area contributed by atoms with Crippen LogP contribution in [0.3, 0.4) is 0 Å². The highest BCUT2D eigenvalue weighted by Gasteiger charge is 2.23. The second-order valence-electron chi connectivity index (χ2n) is 4.90. The summed E-state index contributed by atoms with van der Waals surface area (Å²) in [5, 5.41) is 0.0425. The number of halogens is 1. The van der Waals surface area contributed by atoms with Crippen molar-refractivity contribution in [3.05, 3.63) is 76.3 Å². The van der Waals surface area contributed by atoms with Gasteiger partial charge in [0.05, 0.1) is 17.9 Å². The quantitative estimate of drug-likeness (QED) is 0.847. The van der Waals surface area contributed by atoms with E-state index in [1.54, 1.807) is 48.5 Å². The van der Waals surface area contributed by atoms with Crippen molar-refractivity contribution in [3.8, 4) is 5.75 Å². The lowest BCUT2D eigenvalue weighted by Gasteiger charge is -2.13. The molecule has 2 aromatic rings. The Balaban J connectivity index is 2.04. The van der Waals surface area contributed by atoms with E-state index in [1.807, 2.05) is 0 Å². The smallest absolute Gasteiger partial charge is 0.277 e. The third-order valence-corrected chi connectivity index (χ3v) is 3.75. The number of rotatable bonds is 2. The zero-order chi connectivity index (χ0) is 16.4. The zero-order valence-corrected chi connectivity index (χ0v) is 13.0. The maximum atomic E-state index is 12.4. The molecular weight excluding hydrogens is 314 g/mol. The fraction of sp³-hybridized carbons (Fsp3) is 0.0556. The molecule has 4 nitrogen and oxygen atoms in total. The summed E-state index contributed by atoms with van der Waals surface area (Å²) in [4.78, 5) is 28.5. The van der Waals surface area contributed by atoms with Gasteiger partial charge >= 0.3 is 0 Å². The van der Waals surface area contributed by atoms with Crippen LogP contribution in [0.2, 0.25) is 0 Å². The number of allylic oxidation sites excluding steroid dienone is 2. The minimum Gasteiger partial charge on any atom is -0.497 e. The van der Waals surface area contributed by atoms with Crippen molar-refractivity contribution in [2.75, 3.05) is 7.11 Å². The third-order valence-electron chi connectivity index (χ3n) is 3.47. The van der Waals surface area contributed by atoms with E-state index < -0.39 is 5.91 Å². The SMILES string of the molecule is COc1cccc(C(=O)N=C2C=C(Cl)C(=O)c3ccccc32)c1. The molecule has 1 aliphatic carbocycles. The second kappa shape index (κ2) is 6.18. The van der Waals surface area contributed by atoms with Gasteiger partial charge in [0.25, 0.3) is 5.91 Å². The molecule has 0 heterocycles. The van der Waals surface area contributed by atoms with Crippen LogP contribution in [-0.4, -0.2) is 24.5 Å². The number of carbonyl (C=O) groups excluding carboxylic acids is 2. The van der Waals surface area contributed by atoms with Crippen molar-refractivity contribution < 1.29 is 14.3 Å². The summed E-state index contributed by atoms with van der Waals surface area (Å²) in [7, 11) is 1.53. The van der Waals surface area contributed by atoms with Crippen molar-refractivity contribution in [2.24, 2.45) is 4.99 Å². The molecule has 0 saturated carbocycles. The molecule has 0 radical (unpaired) electrons. The monoisotopic (exact) mass is 325 g/mol. The number of hydrogen-bond acceptors (Lipinski definition) is 3. The number of nitrogens with zero attached hydrogens (tertiary/aromatic N) is 1. The van der Waals surface area contributed by atoms with E-state index in [4.69, 9.17) is 16.3 Å². The third kappa shape index (κ3) is 2.94. The number of fused-ring (bicyclic) bond motifs is 1. The summed E-state index contributed by atoms with van der Waals surface area (Å²) in [6.45, 7) is 0. The van der Waals surface area contributed by atoms with E-state index >= 15 is 0 Å². The van der Waals surface area contributed by atoms with Gasteiger partial charge in [0.1, 0.15) is 5.75 Å². The van der Waals surface area contributed by atoms with Gasteiger partial charge in [-0.2, -0.15) is 0 Å². The maximum absolute atomic E-state index is 12.4. The summed E-state index contributed by atoms with van der Waals surface area (Å²) in [5.41, 5.74) is 1.81. The van der Waals surface area contributed by atoms with Crippen LogP contribution in [-0.2, 0) is 0 Å². The second-order valence-corrected chi connectivity index (χ2v) is 5.31. The van der Waals surface area contributed by atoms with Crippen molar-refractivity contribution in [1.82, 2.24) is 0 Å². The molecule has 0 spiro atoms. The van der Waals surface area contributed by atoms with Crippen LogP contribution in [0.25, 0.3) is 0 Å². The van der Waals surface area contributed by atoms with Gasteiger partial charge in [-0.15, -0.1) is 0 Å². The highest BCUT2D eigenvalue weighted by molar-refractivity contribution is 6.49. The average Bonchev–Trinajstić information content (AvgIpc) is 2.59. The molecule has 1 amide bonds. The number of Topliss-reactive ketones (excluding diaryl/α,β-unsaturated/α-hetero) is 1. The molecule has 114 valence electrons. The Bertz CT molecular complexity index is 868. The molecule has 0 N–H and O–H groups in total. The Hall–Kier alpha value is -2.72. The first-order valence-electron chi connectivity index (χ1n) is 6.88. The van der Waals surface area contributed by atoms with Crippen LogP contribution in [0.1, 0.15) is 26.3 Å². The van der Waals surface area contributed by atoms with Gasteiger partial charge in [-0.05, 0) is 24.3 Å². The van der Waals surface area contributed by atoms with E-state index in [1.165, 1.54) is 13.2 Å². The number of ketones is 1. The topological polar surface area (TPSA) is 55.7 Å². The van der Waals surface area contributed by atoms with Gasteiger partial charge in [0.15, 0.2) is 0 Å². The average molecular weight is 326 g/mol. The zero-order valence-electron chi connectivity index (χ0n) is 12.2. The first-order chi connectivity index (χ1) is 11.1. The lowest BCUT2D eigenvalue weighted by Crippen LogP contribution is -2.16. The predicted molar refractivity (Wildman–Crippen MR) is 88.6 cm³/mol. The maximum Gasteiger partial charge on any atom is 0.277 e. The lowest BCUT2D eigenvalue weighted by molar-refractivity contribution is 0.0999. The van der Waals surface area contributed by atoms with E-state index in [2.05, 4.69) is 4.99 Å². The lowest BCUT2D eigenvalue weighted by atomic mass is 9.94. The fourth-order valence-corrected chi connectivity index (χ4v) is 2.52. The minimum atomic E-state index is -0.427. The van der Waals surface area contributed by atoms with Crippen molar-refractivity contribution in [2.45, 2.75) is 0 Å².